The molecule has 5 nitrogen and oxygen atoms in total. The molecule has 1 atom stereocenters. The third-order valence-electron chi connectivity index (χ3n) is 2.92. The van der Waals surface area contributed by atoms with Gasteiger partial charge in [-0.2, -0.15) is 0 Å². The van der Waals surface area contributed by atoms with E-state index in [1.165, 1.54) is 0 Å². The second-order valence-electron chi connectivity index (χ2n) is 6.66. The summed E-state index contributed by atoms with van der Waals surface area (Å²) in [6.45, 7) is 5.79. The zero-order valence-corrected chi connectivity index (χ0v) is 14.4. The summed E-state index contributed by atoms with van der Waals surface area (Å²) in [4.78, 5) is 24.2. The van der Waals surface area contributed by atoms with Crippen LogP contribution in [0, 0.1) is 0 Å². The van der Waals surface area contributed by atoms with Gasteiger partial charge in [0.1, 0.15) is 11.6 Å². The highest BCUT2D eigenvalue weighted by molar-refractivity contribution is 5.96. The fourth-order valence-electron chi connectivity index (χ4n) is 1.87. The van der Waals surface area contributed by atoms with Gasteiger partial charge in [0.25, 0.3) is 0 Å². The normalized spacial score (nSPS) is 13.1. The summed E-state index contributed by atoms with van der Waals surface area (Å²) >= 11 is 0. The van der Waals surface area contributed by atoms with Crippen molar-refractivity contribution in [3.8, 4) is 0 Å². The molecule has 0 aromatic heterocycles. The first-order valence-corrected chi connectivity index (χ1v) is 7.69. The van der Waals surface area contributed by atoms with Crippen LogP contribution >= 0.6 is 0 Å². The van der Waals surface area contributed by atoms with Crippen molar-refractivity contribution in [2.75, 3.05) is 5.32 Å². The molecular weight excluding hydrogens is 318 g/mol. The first-order valence-electron chi connectivity index (χ1n) is 7.69. The summed E-state index contributed by atoms with van der Waals surface area (Å²) in [5.74, 6) is -3.50. The Labute approximate surface area is 140 Å². The molecule has 7 heteroatoms. The Bertz CT molecular complexity index is 551. The first-order chi connectivity index (χ1) is 11.0. The van der Waals surface area contributed by atoms with Crippen molar-refractivity contribution in [1.29, 1.82) is 0 Å². The highest BCUT2D eigenvalue weighted by atomic mass is 19.3. The smallest absolute Gasteiger partial charge is 0.408 e. The van der Waals surface area contributed by atoms with Crippen molar-refractivity contribution in [2.24, 2.45) is 0 Å². The van der Waals surface area contributed by atoms with Gasteiger partial charge < -0.3 is 15.4 Å². The van der Waals surface area contributed by atoms with Crippen LogP contribution in [0.3, 0.4) is 0 Å². The molecule has 1 rings (SSSR count). The standard InChI is InChI=1S/C17H24F2N2O3/c1-16(2,3)24-15(23)21-13(10-11-17(4,18)19)14(22)20-12-8-6-5-7-9-12/h5-9,13H,10-11H2,1-4H3,(H,20,22)(H,21,23)/t13-/m1/s1. The maximum atomic E-state index is 13.1. The minimum absolute atomic E-state index is 0.207. The van der Waals surface area contributed by atoms with Crippen LogP contribution in [0.15, 0.2) is 30.3 Å². The van der Waals surface area contributed by atoms with Crippen LogP contribution in [-0.4, -0.2) is 29.6 Å². The van der Waals surface area contributed by atoms with E-state index in [1.54, 1.807) is 51.1 Å². The third-order valence-corrected chi connectivity index (χ3v) is 2.92. The summed E-state index contributed by atoms with van der Waals surface area (Å²) in [6.07, 6.45) is -1.56. The van der Waals surface area contributed by atoms with Crippen molar-refractivity contribution >= 4 is 17.7 Å². The Hall–Kier alpha value is -2.18. The lowest BCUT2D eigenvalue weighted by molar-refractivity contribution is -0.118. The van der Waals surface area contributed by atoms with Crippen molar-refractivity contribution in [2.45, 2.75) is 58.1 Å². The van der Waals surface area contributed by atoms with E-state index in [1.807, 2.05) is 0 Å². The molecule has 0 fully saturated rings. The molecule has 0 bridgehead atoms. The first kappa shape index (κ1) is 19.9. The van der Waals surface area contributed by atoms with Crippen molar-refractivity contribution in [3.63, 3.8) is 0 Å². The summed E-state index contributed by atoms with van der Waals surface area (Å²) < 4.78 is 31.3. The van der Waals surface area contributed by atoms with Gasteiger partial charge in [0, 0.05) is 12.1 Å². The Morgan fingerprint density at radius 1 is 1.12 bits per heavy atom. The number of halogens is 2. The van der Waals surface area contributed by atoms with Crippen LogP contribution in [0.2, 0.25) is 0 Å². The van der Waals surface area contributed by atoms with E-state index in [4.69, 9.17) is 4.74 Å². The number of carbonyl (C=O) groups excluding carboxylic acids is 2. The summed E-state index contributed by atoms with van der Waals surface area (Å²) in [5.41, 5.74) is -0.235. The molecule has 0 aliphatic carbocycles. The Balaban J connectivity index is 2.76. The van der Waals surface area contributed by atoms with Crippen molar-refractivity contribution in [3.05, 3.63) is 30.3 Å². The zero-order valence-electron chi connectivity index (χ0n) is 14.4. The second-order valence-corrected chi connectivity index (χ2v) is 6.66. The van der Waals surface area contributed by atoms with E-state index in [0.717, 1.165) is 6.92 Å². The third kappa shape index (κ3) is 8.45. The number of anilines is 1. The average Bonchev–Trinajstić information content (AvgIpc) is 2.41. The van der Waals surface area contributed by atoms with Crippen molar-refractivity contribution in [1.82, 2.24) is 5.32 Å². The molecule has 24 heavy (non-hydrogen) atoms. The number of para-hydroxylation sites is 1. The highest BCUT2D eigenvalue weighted by Gasteiger charge is 2.29. The molecule has 0 saturated heterocycles. The van der Waals surface area contributed by atoms with E-state index < -0.39 is 36.0 Å². The minimum Gasteiger partial charge on any atom is -0.444 e. The molecule has 0 aliphatic rings. The number of nitrogens with one attached hydrogen (secondary N) is 2. The summed E-state index contributed by atoms with van der Waals surface area (Å²) in [7, 11) is 0. The summed E-state index contributed by atoms with van der Waals surface area (Å²) in [5, 5.41) is 4.95. The predicted octanol–water partition coefficient (Wildman–Crippen LogP) is 3.95. The van der Waals surface area contributed by atoms with Gasteiger partial charge >= 0.3 is 6.09 Å². The number of rotatable bonds is 6. The largest absolute Gasteiger partial charge is 0.444 e. The predicted molar refractivity (Wildman–Crippen MR) is 88.1 cm³/mol. The van der Waals surface area contributed by atoms with E-state index in [0.29, 0.717) is 5.69 Å². The Kier molecular flexibility index (Phi) is 6.69. The molecule has 0 saturated carbocycles. The number of hydrogen-bond acceptors (Lipinski definition) is 3. The van der Waals surface area contributed by atoms with E-state index in [-0.39, 0.29) is 6.42 Å². The van der Waals surface area contributed by atoms with Crippen LogP contribution in [-0.2, 0) is 9.53 Å². The number of amides is 2. The van der Waals surface area contributed by atoms with Crippen LogP contribution < -0.4 is 10.6 Å². The van der Waals surface area contributed by atoms with E-state index in [2.05, 4.69) is 10.6 Å². The van der Waals surface area contributed by atoms with E-state index in [9.17, 15) is 18.4 Å². The molecule has 134 valence electrons. The molecule has 0 radical (unpaired) electrons. The van der Waals surface area contributed by atoms with Crippen LogP contribution in [0.1, 0.15) is 40.5 Å². The number of benzene rings is 1. The van der Waals surface area contributed by atoms with Crippen LogP contribution in [0.5, 0.6) is 0 Å². The molecule has 0 aliphatic heterocycles. The molecule has 0 unspecified atom stereocenters. The topological polar surface area (TPSA) is 67.4 Å². The number of hydrogen-bond donors (Lipinski definition) is 2. The number of ether oxygens (including phenoxy) is 1. The quantitative estimate of drug-likeness (QED) is 0.822. The van der Waals surface area contributed by atoms with Crippen LogP contribution in [0.25, 0.3) is 0 Å². The molecule has 1 aromatic carbocycles. The van der Waals surface area contributed by atoms with Gasteiger partial charge in [0.2, 0.25) is 11.8 Å². The highest BCUT2D eigenvalue weighted by Crippen LogP contribution is 2.20. The van der Waals surface area contributed by atoms with Crippen molar-refractivity contribution < 1.29 is 23.1 Å². The van der Waals surface area contributed by atoms with Gasteiger partial charge in [-0.05, 0) is 46.2 Å². The average molecular weight is 342 g/mol. The molecule has 0 spiro atoms. The van der Waals surface area contributed by atoms with Gasteiger partial charge in [-0.25, -0.2) is 13.6 Å². The fraction of sp³-hybridized carbons (Fsp3) is 0.529. The monoisotopic (exact) mass is 342 g/mol. The second kappa shape index (κ2) is 8.08. The van der Waals surface area contributed by atoms with Gasteiger partial charge in [0.15, 0.2) is 0 Å². The lowest BCUT2D eigenvalue weighted by Crippen LogP contribution is -2.46. The maximum absolute atomic E-state index is 13.1. The fourth-order valence-corrected chi connectivity index (χ4v) is 1.87. The number of alkyl carbamates (subject to hydrolysis) is 1. The Morgan fingerprint density at radius 3 is 2.21 bits per heavy atom. The SMILES string of the molecule is CC(F)(F)CC[C@@H](NC(=O)OC(C)(C)C)C(=O)Nc1ccccc1. The van der Waals surface area contributed by atoms with E-state index >= 15 is 0 Å². The molecule has 2 amide bonds. The lowest BCUT2D eigenvalue weighted by atomic mass is 10.1. The van der Waals surface area contributed by atoms with Gasteiger partial charge in [-0.1, -0.05) is 18.2 Å². The van der Waals surface area contributed by atoms with Gasteiger partial charge in [0.05, 0.1) is 0 Å². The molecule has 2 N–H and O–H groups in total. The number of alkyl halides is 2. The van der Waals surface area contributed by atoms with Gasteiger partial charge in [-0.15, -0.1) is 0 Å². The lowest BCUT2D eigenvalue weighted by Gasteiger charge is -2.24. The summed E-state index contributed by atoms with van der Waals surface area (Å²) in [6, 6.07) is 7.45. The molecule has 1 aromatic rings. The molecular formula is C17H24F2N2O3. The van der Waals surface area contributed by atoms with Crippen LogP contribution in [0.4, 0.5) is 19.3 Å². The molecule has 0 heterocycles. The maximum Gasteiger partial charge on any atom is 0.408 e. The number of carbonyl (C=O) groups is 2. The Morgan fingerprint density at radius 2 is 1.71 bits per heavy atom. The minimum atomic E-state index is -2.93. The zero-order chi connectivity index (χ0) is 18.4. The van der Waals surface area contributed by atoms with Gasteiger partial charge in [-0.3, -0.25) is 4.79 Å².